The molecular weight excluding hydrogens is 480 g/mol. The predicted octanol–water partition coefficient (Wildman–Crippen LogP) is 6.06. The Bertz CT molecular complexity index is 1350. The van der Waals surface area contributed by atoms with Crippen molar-refractivity contribution in [1.29, 1.82) is 0 Å². The number of benzene rings is 3. The van der Waals surface area contributed by atoms with Gasteiger partial charge in [-0.15, -0.1) is 0 Å². The lowest BCUT2D eigenvalue weighted by Crippen LogP contribution is -2.28. The topological polar surface area (TPSA) is 84.9 Å². The Kier molecular flexibility index (Phi) is 8.15. The van der Waals surface area contributed by atoms with Crippen molar-refractivity contribution in [3.05, 3.63) is 82.9 Å². The average Bonchev–Trinajstić information content (AvgIpc) is 3.26. The van der Waals surface area contributed by atoms with E-state index in [0.717, 1.165) is 28.0 Å². The predicted molar refractivity (Wildman–Crippen MR) is 148 cm³/mol. The third-order valence-corrected chi connectivity index (χ3v) is 6.64. The van der Waals surface area contributed by atoms with Crippen molar-refractivity contribution in [3.8, 4) is 11.5 Å². The van der Waals surface area contributed by atoms with Crippen LogP contribution in [-0.2, 0) is 19.1 Å². The maximum atomic E-state index is 12.7. The molecule has 0 saturated carbocycles. The van der Waals surface area contributed by atoms with E-state index in [9.17, 15) is 14.4 Å². The zero-order valence-corrected chi connectivity index (χ0v) is 22.5. The fourth-order valence-corrected chi connectivity index (χ4v) is 4.45. The van der Waals surface area contributed by atoms with Crippen molar-refractivity contribution in [2.45, 2.75) is 47.0 Å². The first kappa shape index (κ1) is 26.9. The fraction of sp³-hybridized carbons (Fsp3) is 0.323. The van der Waals surface area contributed by atoms with Gasteiger partial charge in [-0.3, -0.25) is 14.4 Å². The van der Waals surface area contributed by atoms with Gasteiger partial charge in [-0.25, -0.2) is 0 Å². The Morgan fingerprint density at radius 1 is 0.974 bits per heavy atom. The van der Waals surface area contributed by atoms with Crippen LogP contribution in [0.25, 0.3) is 0 Å². The van der Waals surface area contributed by atoms with Gasteiger partial charge >= 0.3 is 5.97 Å². The molecule has 7 heteroatoms. The summed E-state index contributed by atoms with van der Waals surface area (Å²) in [6, 6.07) is 19.2. The zero-order chi connectivity index (χ0) is 27.4. The number of carbonyl (C=O) groups excluding carboxylic acids is 3. The van der Waals surface area contributed by atoms with E-state index in [4.69, 9.17) is 9.47 Å². The monoisotopic (exact) mass is 514 g/mol. The summed E-state index contributed by atoms with van der Waals surface area (Å²) in [5.74, 6) is 0.0272. The van der Waals surface area contributed by atoms with Crippen LogP contribution in [0, 0.1) is 26.7 Å². The Labute approximate surface area is 223 Å². The number of anilines is 2. The second-order valence-corrected chi connectivity index (χ2v) is 10.2. The first-order valence-electron chi connectivity index (χ1n) is 12.8. The zero-order valence-electron chi connectivity index (χ0n) is 22.5. The van der Waals surface area contributed by atoms with Crippen molar-refractivity contribution in [2.75, 3.05) is 23.4 Å². The highest BCUT2D eigenvalue weighted by Crippen LogP contribution is 2.33. The molecule has 7 nitrogen and oxygen atoms in total. The van der Waals surface area contributed by atoms with Crippen LogP contribution in [0.15, 0.2) is 60.7 Å². The molecule has 0 bridgehead atoms. The number of nitrogens with one attached hydrogen (secondary N) is 1. The quantitative estimate of drug-likeness (QED) is 0.369. The lowest BCUT2D eigenvalue weighted by Gasteiger charge is -2.18. The van der Waals surface area contributed by atoms with Crippen LogP contribution >= 0.6 is 0 Å². The number of hydrogen-bond acceptors (Lipinski definition) is 5. The molecule has 0 aliphatic carbocycles. The van der Waals surface area contributed by atoms with E-state index in [-0.39, 0.29) is 18.9 Å². The smallest absolute Gasteiger partial charge is 0.311 e. The van der Waals surface area contributed by atoms with E-state index in [1.54, 1.807) is 4.90 Å². The maximum Gasteiger partial charge on any atom is 0.311 e. The van der Waals surface area contributed by atoms with Gasteiger partial charge in [0.25, 0.3) is 5.91 Å². The Morgan fingerprint density at radius 3 is 2.37 bits per heavy atom. The molecule has 2 amide bonds. The first-order chi connectivity index (χ1) is 18.1. The van der Waals surface area contributed by atoms with Crippen LogP contribution < -0.4 is 15.0 Å². The molecule has 0 aromatic heterocycles. The number of rotatable bonds is 8. The molecule has 38 heavy (non-hydrogen) atoms. The van der Waals surface area contributed by atoms with Gasteiger partial charge in [-0.1, -0.05) is 38.1 Å². The van der Waals surface area contributed by atoms with Gasteiger partial charge < -0.3 is 19.7 Å². The average molecular weight is 515 g/mol. The lowest BCUT2D eigenvalue weighted by atomic mass is 10.0. The van der Waals surface area contributed by atoms with E-state index in [2.05, 4.69) is 31.3 Å². The third-order valence-electron chi connectivity index (χ3n) is 6.64. The van der Waals surface area contributed by atoms with Crippen molar-refractivity contribution in [3.63, 3.8) is 0 Å². The molecule has 3 aromatic rings. The molecule has 1 N–H and O–H groups in total. The van der Waals surface area contributed by atoms with Crippen LogP contribution in [0.4, 0.5) is 11.4 Å². The van der Waals surface area contributed by atoms with E-state index in [0.29, 0.717) is 23.0 Å². The summed E-state index contributed by atoms with van der Waals surface area (Å²) in [6.07, 6.45) is 0.0384. The van der Waals surface area contributed by atoms with Gasteiger partial charge in [0.05, 0.1) is 5.92 Å². The fourth-order valence-electron chi connectivity index (χ4n) is 4.45. The molecular formula is C31H34N2O5. The van der Waals surface area contributed by atoms with Crippen molar-refractivity contribution >= 4 is 29.2 Å². The minimum Gasteiger partial charge on any atom is -0.457 e. The molecule has 198 valence electrons. The maximum absolute atomic E-state index is 12.7. The highest BCUT2D eigenvalue weighted by atomic mass is 16.5. The molecule has 0 radical (unpaired) electrons. The Morgan fingerprint density at radius 2 is 1.66 bits per heavy atom. The molecule has 4 rings (SSSR count). The molecule has 1 aliphatic heterocycles. The molecule has 1 heterocycles. The summed E-state index contributed by atoms with van der Waals surface area (Å²) in [5.41, 5.74) is 5.54. The Hall–Kier alpha value is -4.13. The highest BCUT2D eigenvalue weighted by molar-refractivity contribution is 6.00. The summed E-state index contributed by atoms with van der Waals surface area (Å²) in [6.45, 7) is 9.90. The largest absolute Gasteiger partial charge is 0.457 e. The number of esters is 1. The second-order valence-electron chi connectivity index (χ2n) is 10.2. The normalized spacial score (nSPS) is 15.1. The van der Waals surface area contributed by atoms with Crippen LogP contribution in [0.5, 0.6) is 11.5 Å². The minimum absolute atomic E-state index is 0.0384. The van der Waals surface area contributed by atoms with Gasteiger partial charge in [0, 0.05) is 24.3 Å². The van der Waals surface area contributed by atoms with Gasteiger partial charge in [-0.2, -0.15) is 0 Å². The molecule has 3 aromatic carbocycles. The second kappa shape index (κ2) is 11.5. The minimum atomic E-state index is -0.632. The SMILES string of the molecule is Cc1ccc(C)c(NC(=O)COC(=O)[C@H]2CC(=O)N(c3ccc(Oc4cc(C)ccc4C(C)C)cc3)C2)c1. The number of carbonyl (C=O) groups is 3. The van der Waals surface area contributed by atoms with Crippen molar-refractivity contribution in [2.24, 2.45) is 5.92 Å². The summed E-state index contributed by atoms with van der Waals surface area (Å²) >= 11 is 0. The van der Waals surface area contributed by atoms with E-state index in [1.165, 1.54) is 0 Å². The summed E-state index contributed by atoms with van der Waals surface area (Å²) < 4.78 is 11.4. The van der Waals surface area contributed by atoms with Crippen LogP contribution in [0.1, 0.15) is 48.4 Å². The number of aryl methyl sites for hydroxylation is 3. The van der Waals surface area contributed by atoms with Gasteiger partial charge in [0.2, 0.25) is 5.91 Å². The summed E-state index contributed by atoms with van der Waals surface area (Å²) in [7, 11) is 0. The molecule has 1 fully saturated rings. The number of amides is 2. The molecule has 0 unspecified atom stereocenters. The van der Waals surface area contributed by atoms with Gasteiger partial charge in [-0.05, 0) is 85.3 Å². The summed E-state index contributed by atoms with van der Waals surface area (Å²) in [4.78, 5) is 39.2. The number of hydrogen-bond donors (Lipinski definition) is 1. The molecule has 1 atom stereocenters. The van der Waals surface area contributed by atoms with E-state index < -0.39 is 24.4 Å². The van der Waals surface area contributed by atoms with Crippen LogP contribution in [0.3, 0.4) is 0 Å². The highest BCUT2D eigenvalue weighted by Gasteiger charge is 2.36. The molecule has 1 aliphatic rings. The van der Waals surface area contributed by atoms with E-state index in [1.807, 2.05) is 69.3 Å². The Balaban J connectivity index is 1.33. The number of nitrogens with zero attached hydrogens (tertiary/aromatic N) is 1. The number of ether oxygens (including phenoxy) is 2. The third kappa shape index (κ3) is 6.40. The summed E-state index contributed by atoms with van der Waals surface area (Å²) in [5, 5.41) is 2.77. The molecule has 1 saturated heterocycles. The standard InChI is InChI=1S/C31H34N2O5/c1-19(2)26-13-7-21(4)15-28(26)38-25-11-9-24(10-12-25)33-17-23(16-30(33)35)31(36)37-18-29(34)32-27-14-20(3)6-8-22(27)5/h6-15,19,23H,16-18H2,1-5H3,(H,32,34)/t23-/m0/s1. The lowest BCUT2D eigenvalue weighted by molar-refractivity contribution is -0.151. The van der Waals surface area contributed by atoms with E-state index >= 15 is 0 Å². The van der Waals surface area contributed by atoms with Crippen LogP contribution in [-0.4, -0.2) is 30.9 Å². The van der Waals surface area contributed by atoms with Crippen molar-refractivity contribution < 1.29 is 23.9 Å². The first-order valence-corrected chi connectivity index (χ1v) is 12.8. The van der Waals surface area contributed by atoms with Gasteiger partial charge in [0.1, 0.15) is 11.5 Å². The molecule has 0 spiro atoms. The van der Waals surface area contributed by atoms with Crippen molar-refractivity contribution in [1.82, 2.24) is 0 Å². The van der Waals surface area contributed by atoms with Crippen LogP contribution in [0.2, 0.25) is 0 Å². The van der Waals surface area contributed by atoms with Gasteiger partial charge in [0.15, 0.2) is 6.61 Å².